The maximum Gasteiger partial charge on any atom is 0.416 e. The van der Waals surface area contributed by atoms with Crippen molar-refractivity contribution in [1.82, 2.24) is 9.62 Å². The van der Waals surface area contributed by atoms with Crippen LogP contribution in [0.4, 0.5) is 18.9 Å². The van der Waals surface area contributed by atoms with Crippen molar-refractivity contribution in [3.63, 3.8) is 0 Å². The Balaban J connectivity index is 1.65. The number of anilines is 1. The summed E-state index contributed by atoms with van der Waals surface area (Å²) < 4.78 is 71.6. The van der Waals surface area contributed by atoms with Crippen LogP contribution in [0.1, 0.15) is 12.5 Å². The number of rotatable bonds is 6. The fourth-order valence-electron chi connectivity index (χ4n) is 3.37. The Morgan fingerprint density at radius 2 is 1.69 bits per heavy atom. The number of hydrogen-bond acceptors (Lipinski definition) is 5. The van der Waals surface area contributed by atoms with Crippen molar-refractivity contribution >= 4 is 21.6 Å². The van der Waals surface area contributed by atoms with E-state index in [0.29, 0.717) is 11.4 Å². The van der Waals surface area contributed by atoms with E-state index < -0.39 is 27.9 Å². The van der Waals surface area contributed by atoms with Gasteiger partial charge in [-0.2, -0.15) is 17.5 Å². The molecule has 11 heteroatoms. The van der Waals surface area contributed by atoms with Gasteiger partial charge in [0.25, 0.3) is 5.91 Å². The summed E-state index contributed by atoms with van der Waals surface area (Å²) in [4.78, 5) is 13.4. The lowest BCUT2D eigenvalue weighted by atomic mass is 10.1. The van der Waals surface area contributed by atoms with Crippen LogP contribution in [0.3, 0.4) is 0 Å². The topological polar surface area (TPSA) is 78.9 Å². The van der Waals surface area contributed by atoms with Crippen LogP contribution in [0.15, 0.2) is 53.4 Å². The number of piperazine rings is 1. The van der Waals surface area contributed by atoms with Gasteiger partial charge < -0.3 is 15.0 Å². The molecule has 32 heavy (non-hydrogen) atoms. The van der Waals surface area contributed by atoms with Crippen LogP contribution < -0.4 is 15.0 Å². The first-order valence-corrected chi connectivity index (χ1v) is 11.4. The second-order valence-corrected chi connectivity index (χ2v) is 9.22. The third-order valence-electron chi connectivity index (χ3n) is 5.17. The van der Waals surface area contributed by atoms with Crippen molar-refractivity contribution in [2.75, 3.05) is 38.1 Å². The van der Waals surface area contributed by atoms with E-state index >= 15 is 0 Å². The molecule has 0 aromatic heterocycles. The number of benzene rings is 2. The van der Waals surface area contributed by atoms with Gasteiger partial charge in [-0.3, -0.25) is 4.79 Å². The molecule has 1 N–H and O–H groups in total. The number of carbonyl (C=O) groups is 1. The number of likely N-dealkylation sites (N-methyl/N-ethyl adjacent to an activating group) is 1. The smallest absolute Gasteiger partial charge is 0.416 e. The lowest BCUT2D eigenvalue weighted by molar-refractivity contribution is -0.137. The van der Waals surface area contributed by atoms with E-state index in [1.807, 2.05) is 0 Å². The Morgan fingerprint density at radius 1 is 1.06 bits per heavy atom. The number of halogens is 3. The molecule has 0 spiro atoms. The van der Waals surface area contributed by atoms with E-state index in [1.54, 1.807) is 17.9 Å². The molecule has 1 heterocycles. The van der Waals surface area contributed by atoms with E-state index in [1.165, 1.54) is 41.7 Å². The number of nitrogens with one attached hydrogen (secondary N) is 1. The second kappa shape index (κ2) is 9.37. The number of amides is 1. The number of nitrogens with zero attached hydrogens (tertiary/aromatic N) is 2. The van der Waals surface area contributed by atoms with Crippen LogP contribution in [-0.4, -0.2) is 58.0 Å². The Morgan fingerprint density at radius 3 is 2.25 bits per heavy atom. The van der Waals surface area contributed by atoms with Crippen molar-refractivity contribution < 1.29 is 31.1 Å². The highest BCUT2D eigenvalue weighted by molar-refractivity contribution is 7.89. The first-order chi connectivity index (χ1) is 15.0. The third-order valence-corrected chi connectivity index (χ3v) is 7.08. The highest BCUT2D eigenvalue weighted by Crippen LogP contribution is 2.32. The molecule has 0 unspecified atom stereocenters. The summed E-state index contributed by atoms with van der Waals surface area (Å²) in [6.07, 6.45) is -5.17. The monoisotopic (exact) mass is 471 g/mol. The molecule has 1 aliphatic rings. The molecule has 1 atom stereocenters. The van der Waals surface area contributed by atoms with Gasteiger partial charge >= 0.3 is 6.18 Å². The second-order valence-electron chi connectivity index (χ2n) is 7.28. The van der Waals surface area contributed by atoms with Gasteiger partial charge in [0.15, 0.2) is 6.10 Å². The van der Waals surface area contributed by atoms with E-state index in [9.17, 15) is 26.4 Å². The molecule has 2 aromatic rings. The summed E-state index contributed by atoms with van der Waals surface area (Å²) in [7, 11) is -2.28. The lowest BCUT2D eigenvalue weighted by Gasteiger charge is -2.35. The summed E-state index contributed by atoms with van der Waals surface area (Å²) in [6.45, 7) is 2.40. The predicted molar refractivity (Wildman–Crippen MR) is 113 cm³/mol. The number of ether oxygens (including phenoxy) is 1. The van der Waals surface area contributed by atoms with Gasteiger partial charge in [-0.1, -0.05) is 6.07 Å². The van der Waals surface area contributed by atoms with Crippen molar-refractivity contribution in [3.05, 3.63) is 54.1 Å². The molecule has 2 aromatic carbocycles. The number of carbonyl (C=O) groups excluding carboxylic acids is 1. The number of sulfonamides is 1. The molecule has 1 amide bonds. The largest absolute Gasteiger partial charge is 0.481 e. The minimum atomic E-state index is -4.44. The Labute approximate surface area is 184 Å². The van der Waals surface area contributed by atoms with Gasteiger partial charge in [-0.15, -0.1) is 0 Å². The van der Waals surface area contributed by atoms with Crippen LogP contribution in [0.5, 0.6) is 5.75 Å². The zero-order valence-electron chi connectivity index (χ0n) is 17.6. The van der Waals surface area contributed by atoms with Gasteiger partial charge in [0.2, 0.25) is 10.0 Å². The first-order valence-electron chi connectivity index (χ1n) is 9.93. The average molecular weight is 472 g/mol. The molecular formula is C21H24F3N3O4S. The average Bonchev–Trinajstić information content (AvgIpc) is 2.78. The first kappa shape index (κ1) is 23.9. The van der Waals surface area contributed by atoms with E-state index in [-0.39, 0.29) is 37.0 Å². The Kier molecular flexibility index (Phi) is 6.99. The van der Waals surface area contributed by atoms with Crippen molar-refractivity contribution in [2.45, 2.75) is 24.1 Å². The molecule has 0 aliphatic carbocycles. The van der Waals surface area contributed by atoms with Gasteiger partial charge in [-0.25, -0.2) is 8.42 Å². The quantitative estimate of drug-likeness (QED) is 0.701. The highest BCUT2D eigenvalue weighted by Gasteiger charge is 2.32. The molecule has 3 rings (SSSR count). The predicted octanol–water partition coefficient (Wildman–Crippen LogP) is 2.73. The maximum absolute atomic E-state index is 13.0. The molecule has 7 nitrogen and oxygen atoms in total. The fourth-order valence-corrected chi connectivity index (χ4v) is 4.79. The van der Waals surface area contributed by atoms with Crippen LogP contribution in [0, 0.1) is 0 Å². The van der Waals surface area contributed by atoms with Gasteiger partial charge in [0, 0.05) is 38.9 Å². The zero-order chi connectivity index (χ0) is 23.5. The maximum atomic E-state index is 13.0. The molecule has 174 valence electrons. The van der Waals surface area contributed by atoms with Gasteiger partial charge in [0.05, 0.1) is 10.5 Å². The van der Waals surface area contributed by atoms with E-state index in [0.717, 1.165) is 12.1 Å². The molecule has 0 bridgehead atoms. The molecule has 0 saturated carbocycles. The minimum Gasteiger partial charge on any atom is -0.481 e. The summed E-state index contributed by atoms with van der Waals surface area (Å²) in [6, 6.07) is 10.8. The molecule has 1 fully saturated rings. The van der Waals surface area contributed by atoms with Crippen LogP contribution in [-0.2, 0) is 21.0 Å². The lowest BCUT2D eigenvalue weighted by Crippen LogP contribution is -2.48. The zero-order valence-corrected chi connectivity index (χ0v) is 18.4. The van der Waals surface area contributed by atoms with E-state index in [2.05, 4.69) is 5.32 Å². The van der Waals surface area contributed by atoms with Crippen molar-refractivity contribution in [3.8, 4) is 5.75 Å². The standard InChI is InChI=1S/C21H24F3N3O4S/c1-15(20(28)25-2)31-18-6-8-19(9-7-18)32(29,30)27-12-10-26(11-13-27)17-5-3-4-16(14-17)21(22,23)24/h3-9,14-15H,10-13H2,1-2H3,(H,25,28)/t15-/m0/s1. The normalized spacial score (nSPS) is 16.5. The van der Waals surface area contributed by atoms with Crippen molar-refractivity contribution in [1.29, 1.82) is 0 Å². The van der Waals surface area contributed by atoms with Gasteiger partial charge in [-0.05, 0) is 49.4 Å². The van der Waals surface area contributed by atoms with E-state index in [4.69, 9.17) is 4.74 Å². The van der Waals surface area contributed by atoms with Crippen LogP contribution in [0.2, 0.25) is 0 Å². The fraction of sp³-hybridized carbons (Fsp3) is 0.381. The summed E-state index contributed by atoms with van der Waals surface area (Å²) in [5, 5.41) is 2.46. The molecule has 0 radical (unpaired) electrons. The SMILES string of the molecule is CNC(=O)[C@H](C)Oc1ccc(S(=O)(=O)N2CCN(c3cccc(C(F)(F)F)c3)CC2)cc1. The third kappa shape index (κ3) is 5.33. The van der Waals surface area contributed by atoms with Crippen LogP contribution >= 0.6 is 0 Å². The molecular weight excluding hydrogens is 447 g/mol. The van der Waals surface area contributed by atoms with Gasteiger partial charge in [0.1, 0.15) is 5.75 Å². The Hall–Kier alpha value is -2.79. The summed E-state index contributed by atoms with van der Waals surface area (Å²) in [5.74, 6) is 0.0507. The number of alkyl halides is 3. The van der Waals surface area contributed by atoms with Crippen molar-refractivity contribution in [2.24, 2.45) is 0 Å². The summed E-state index contributed by atoms with van der Waals surface area (Å²) >= 11 is 0. The minimum absolute atomic E-state index is 0.0740. The van der Waals surface area contributed by atoms with Crippen LogP contribution in [0.25, 0.3) is 0 Å². The summed E-state index contributed by atoms with van der Waals surface area (Å²) in [5.41, 5.74) is -0.332. The highest BCUT2D eigenvalue weighted by atomic mass is 32.2. The molecule has 1 saturated heterocycles. The Bertz CT molecular complexity index is 1050. The molecule has 1 aliphatic heterocycles. The number of hydrogen-bond donors (Lipinski definition) is 1.